The van der Waals surface area contributed by atoms with E-state index >= 15 is 0 Å². The number of nitrogens with zero attached hydrogens (tertiary/aromatic N) is 2. The van der Waals surface area contributed by atoms with Crippen molar-refractivity contribution in [1.29, 1.82) is 0 Å². The molecule has 0 unspecified atom stereocenters. The molecule has 1 aromatic heterocycles. The van der Waals surface area contributed by atoms with Crippen molar-refractivity contribution in [2.45, 2.75) is 6.42 Å². The summed E-state index contributed by atoms with van der Waals surface area (Å²) < 4.78 is 2.65. The number of hydrogen-bond acceptors (Lipinski definition) is 2. The number of carboxylic acid groups (broad SMARTS) is 1. The minimum absolute atomic E-state index is 0.0521. The molecule has 0 aliphatic rings. The largest absolute Gasteiger partial charge is 0.481 e. The Morgan fingerprint density at radius 3 is 2.62 bits per heavy atom. The molecule has 0 aliphatic carbocycles. The number of aliphatic carboxylic acids is 1. The fraction of sp³-hybridized carbons (Fsp3) is 0.0909. The van der Waals surface area contributed by atoms with Gasteiger partial charge in [-0.1, -0.05) is 15.9 Å². The molecule has 1 heterocycles. The highest BCUT2D eigenvalue weighted by molar-refractivity contribution is 9.10. The molecule has 2 rings (SSSR count). The predicted molar refractivity (Wildman–Crippen MR) is 62.6 cm³/mol. The van der Waals surface area contributed by atoms with Crippen molar-refractivity contribution in [1.82, 2.24) is 9.78 Å². The molecule has 4 nitrogen and oxygen atoms in total. The Morgan fingerprint density at radius 2 is 2.00 bits per heavy atom. The van der Waals surface area contributed by atoms with E-state index in [0.717, 1.165) is 10.2 Å². The van der Waals surface area contributed by atoms with Crippen LogP contribution in [0.4, 0.5) is 0 Å². The van der Waals surface area contributed by atoms with Crippen molar-refractivity contribution in [3.8, 4) is 5.69 Å². The Bertz CT molecular complexity index is 505. The van der Waals surface area contributed by atoms with Crippen LogP contribution >= 0.6 is 15.9 Å². The van der Waals surface area contributed by atoms with Gasteiger partial charge >= 0.3 is 5.97 Å². The van der Waals surface area contributed by atoms with Gasteiger partial charge in [0.2, 0.25) is 0 Å². The third-order valence-electron chi connectivity index (χ3n) is 2.07. The van der Waals surface area contributed by atoms with Crippen LogP contribution in [0.1, 0.15) is 5.69 Å². The second-order valence-corrected chi connectivity index (χ2v) is 4.21. The number of benzene rings is 1. The molecule has 0 atom stereocenters. The maximum Gasteiger partial charge on any atom is 0.309 e. The molecule has 0 spiro atoms. The van der Waals surface area contributed by atoms with E-state index in [-0.39, 0.29) is 6.42 Å². The average Bonchev–Trinajstić information content (AvgIpc) is 2.66. The lowest BCUT2D eigenvalue weighted by molar-refractivity contribution is -0.136. The number of carboxylic acids is 1. The van der Waals surface area contributed by atoms with Crippen molar-refractivity contribution < 1.29 is 9.90 Å². The van der Waals surface area contributed by atoms with Gasteiger partial charge in [-0.2, -0.15) is 5.10 Å². The molecule has 0 saturated carbocycles. The summed E-state index contributed by atoms with van der Waals surface area (Å²) in [5.41, 5.74) is 1.45. The Balaban J connectivity index is 2.24. The lowest BCUT2D eigenvalue weighted by atomic mass is 10.3. The summed E-state index contributed by atoms with van der Waals surface area (Å²) in [6.45, 7) is 0. The van der Waals surface area contributed by atoms with Crippen LogP contribution in [0.2, 0.25) is 0 Å². The monoisotopic (exact) mass is 280 g/mol. The summed E-state index contributed by atoms with van der Waals surface area (Å²) >= 11 is 3.35. The Hall–Kier alpha value is -1.62. The van der Waals surface area contributed by atoms with Crippen molar-refractivity contribution >= 4 is 21.9 Å². The summed E-state index contributed by atoms with van der Waals surface area (Å²) in [6.07, 6.45) is 1.70. The SMILES string of the molecule is O=C(O)Cc1ccn(-c2ccc(Br)cc2)n1. The minimum Gasteiger partial charge on any atom is -0.481 e. The van der Waals surface area contributed by atoms with E-state index in [1.165, 1.54) is 0 Å². The van der Waals surface area contributed by atoms with Gasteiger partial charge in [-0.25, -0.2) is 4.68 Å². The van der Waals surface area contributed by atoms with E-state index in [4.69, 9.17) is 5.11 Å². The number of aromatic nitrogens is 2. The van der Waals surface area contributed by atoms with E-state index < -0.39 is 5.97 Å². The normalized spacial score (nSPS) is 10.3. The van der Waals surface area contributed by atoms with Gasteiger partial charge in [0.05, 0.1) is 17.8 Å². The summed E-state index contributed by atoms with van der Waals surface area (Å²) in [7, 11) is 0. The lowest BCUT2D eigenvalue weighted by Gasteiger charge is -2.00. The summed E-state index contributed by atoms with van der Waals surface area (Å²) in [5.74, 6) is -0.874. The molecule has 16 heavy (non-hydrogen) atoms. The number of hydrogen-bond donors (Lipinski definition) is 1. The molecule has 0 radical (unpaired) electrons. The Kier molecular flexibility index (Phi) is 3.05. The molecule has 2 aromatic rings. The fourth-order valence-corrected chi connectivity index (χ4v) is 1.61. The van der Waals surface area contributed by atoms with Gasteiger partial charge in [0.15, 0.2) is 0 Å². The quantitative estimate of drug-likeness (QED) is 0.938. The Labute approximate surface area is 101 Å². The van der Waals surface area contributed by atoms with Gasteiger partial charge < -0.3 is 5.11 Å². The molecule has 0 fully saturated rings. The van der Waals surface area contributed by atoms with Gasteiger partial charge in [-0.15, -0.1) is 0 Å². The maximum absolute atomic E-state index is 10.5. The highest BCUT2D eigenvalue weighted by Gasteiger charge is 2.05. The predicted octanol–water partition coefficient (Wildman–Crippen LogP) is 2.26. The first-order chi connectivity index (χ1) is 7.65. The van der Waals surface area contributed by atoms with Crippen LogP contribution in [0.3, 0.4) is 0 Å². The number of carbonyl (C=O) groups is 1. The summed E-state index contributed by atoms with van der Waals surface area (Å²) in [5, 5.41) is 12.8. The van der Waals surface area contributed by atoms with E-state index in [2.05, 4.69) is 21.0 Å². The molecule has 0 bridgehead atoms. The van der Waals surface area contributed by atoms with E-state index in [1.54, 1.807) is 16.9 Å². The molecule has 0 amide bonds. The van der Waals surface area contributed by atoms with E-state index in [0.29, 0.717) is 5.69 Å². The smallest absolute Gasteiger partial charge is 0.309 e. The molecular formula is C11H9BrN2O2. The van der Waals surface area contributed by atoms with Gasteiger partial charge in [0, 0.05) is 10.7 Å². The molecule has 82 valence electrons. The topological polar surface area (TPSA) is 55.1 Å². The number of halogens is 1. The van der Waals surface area contributed by atoms with Crippen molar-refractivity contribution in [2.75, 3.05) is 0 Å². The lowest BCUT2D eigenvalue weighted by Crippen LogP contribution is -2.02. The third-order valence-corrected chi connectivity index (χ3v) is 2.60. The van der Waals surface area contributed by atoms with Crippen LogP contribution in [0.25, 0.3) is 5.69 Å². The van der Waals surface area contributed by atoms with Crippen LogP contribution in [0, 0.1) is 0 Å². The highest BCUT2D eigenvalue weighted by atomic mass is 79.9. The van der Waals surface area contributed by atoms with Crippen molar-refractivity contribution in [2.24, 2.45) is 0 Å². The third kappa shape index (κ3) is 2.49. The van der Waals surface area contributed by atoms with Crippen LogP contribution < -0.4 is 0 Å². The summed E-state index contributed by atoms with van der Waals surface area (Å²) in [6, 6.07) is 9.33. The van der Waals surface area contributed by atoms with Crippen LogP contribution in [0.15, 0.2) is 41.0 Å². The maximum atomic E-state index is 10.5. The summed E-state index contributed by atoms with van der Waals surface area (Å²) in [4.78, 5) is 10.5. The molecule has 0 aliphatic heterocycles. The number of rotatable bonds is 3. The standard InChI is InChI=1S/C11H9BrN2O2/c12-8-1-3-10(4-2-8)14-6-5-9(13-14)7-11(15)16/h1-6H,7H2,(H,15,16). The van der Waals surface area contributed by atoms with Crippen LogP contribution in [-0.4, -0.2) is 20.9 Å². The molecular weight excluding hydrogens is 272 g/mol. The zero-order chi connectivity index (χ0) is 11.5. The van der Waals surface area contributed by atoms with Crippen LogP contribution in [0.5, 0.6) is 0 Å². The van der Waals surface area contributed by atoms with Crippen molar-refractivity contribution in [3.05, 3.63) is 46.7 Å². The second-order valence-electron chi connectivity index (χ2n) is 3.30. The molecule has 1 aromatic carbocycles. The minimum atomic E-state index is -0.874. The van der Waals surface area contributed by atoms with Gasteiger partial charge in [-0.05, 0) is 30.3 Å². The second kappa shape index (κ2) is 4.49. The van der Waals surface area contributed by atoms with E-state index in [9.17, 15) is 4.79 Å². The Morgan fingerprint density at radius 1 is 1.31 bits per heavy atom. The first-order valence-corrected chi connectivity index (χ1v) is 5.47. The highest BCUT2D eigenvalue weighted by Crippen LogP contribution is 2.13. The zero-order valence-corrected chi connectivity index (χ0v) is 9.89. The van der Waals surface area contributed by atoms with Crippen molar-refractivity contribution in [3.63, 3.8) is 0 Å². The molecule has 1 N–H and O–H groups in total. The van der Waals surface area contributed by atoms with Gasteiger partial charge in [0.25, 0.3) is 0 Å². The average molecular weight is 281 g/mol. The molecule has 5 heteroatoms. The zero-order valence-electron chi connectivity index (χ0n) is 8.30. The van der Waals surface area contributed by atoms with E-state index in [1.807, 2.05) is 24.3 Å². The van der Waals surface area contributed by atoms with Gasteiger partial charge in [-0.3, -0.25) is 4.79 Å². The fourth-order valence-electron chi connectivity index (χ4n) is 1.35. The first-order valence-electron chi connectivity index (χ1n) is 4.67. The van der Waals surface area contributed by atoms with Crippen LogP contribution in [-0.2, 0) is 11.2 Å². The van der Waals surface area contributed by atoms with Gasteiger partial charge in [0.1, 0.15) is 0 Å². The first kappa shape index (κ1) is 10.9. The molecule has 0 saturated heterocycles.